The predicted molar refractivity (Wildman–Crippen MR) is 74.9 cm³/mol. The van der Waals surface area contributed by atoms with E-state index < -0.39 is 0 Å². The first-order chi connectivity index (χ1) is 9.10. The molecule has 0 radical (unpaired) electrons. The fourth-order valence-corrected chi connectivity index (χ4v) is 2.07. The molecule has 0 atom stereocenters. The SMILES string of the molecule is O=Cc1cccn1CC(=O)Nc1ccc(Cl)cc1Cl. The lowest BCUT2D eigenvalue weighted by molar-refractivity contribution is -0.116. The monoisotopic (exact) mass is 296 g/mol. The highest BCUT2D eigenvalue weighted by molar-refractivity contribution is 6.36. The molecule has 0 bridgehead atoms. The van der Waals surface area contributed by atoms with Crippen molar-refractivity contribution in [3.05, 3.63) is 52.3 Å². The molecule has 2 aromatic rings. The molecule has 98 valence electrons. The van der Waals surface area contributed by atoms with Gasteiger partial charge in [-0.25, -0.2) is 0 Å². The minimum Gasteiger partial charge on any atom is -0.336 e. The third-order valence-electron chi connectivity index (χ3n) is 2.50. The van der Waals surface area contributed by atoms with Gasteiger partial charge >= 0.3 is 0 Å². The van der Waals surface area contributed by atoms with E-state index in [1.54, 1.807) is 41.1 Å². The van der Waals surface area contributed by atoms with Crippen LogP contribution in [0.2, 0.25) is 10.0 Å². The first-order valence-electron chi connectivity index (χ1n) is 5.45. The first-order valence-corrected chi connectivity index (χ1v) is 6.21. The summed E-state index contributed by atoms with van der Waals surface area (Å²) in [6, 6.07) is 8.14. The van der Waals surface area contributed by atoms with Crippen molar-refractivity contribution in [1.82, 2.24) is 4.57 Å². The van der Waals surface area contributed by atoms with E-state index in [9.17, 15) is 9.59 Å². The smallest absolute Gasteiger partial charge is 0.244 e. The van der Waals surface area contributed by atoms with E-state index in [0.717, 1.165) is 0 Å². The number of rotatable bonds is 4. The van der Waals surface area contributed by atoms with Gasteiger partial charge in [0.2, 0.25) is 5.91 Å². The molecule has 0 aliphatic carbocycles. The van der Waals surface area contributed by atoms with Crippen LogP contribution in [0, 0.1) is 0 Å². The summed E-state index contributed by atoms with van der Waals surface area (Å²) in [6.45, 7) is 0.0417. The molecular formula is C13H10Cl2N2O2. The minimum atomic E-state index is -0.275. The van der Waals surface area contributed by atoms with Gasteiger partial charge in [0, 0.05) is 11.2 Å². The minimum absolute atomic E-state index is 0.0417. The van der Waals surface area contributed by atoms with E-state index >= 15 is 0 Å². The van der Waals surface area contributed by atoms with Gasteiger partial charge in [-0.2, -0.15) is 0 Å². The van der Waals surface area contributed by atoms with Crippen LogP contribution in [-0.4, -0.2) is 16.8 Å². The summed E-state index contributed by atoms with van der Waals surface area (Å²) >= 11 is 11.7. The predicted octanol–water partition coefficient (Wildman–Crippen LogP) is 3.25. The molecule has 1 N–H and O–H groups in total. The Morgan fingerprint density at radius 1 is 1.32 bits per heavy atom. The zero-order chi connectivity index (χ0) is 13.8. The number of carbonyl (C=O) groups is 2. The molecule has 0 aliphatic rings. The van der Waals surface area contributed by atoms with Crippen LogP contribution in [0.4, 0.5) is 5.69 Å². The molecule has 0 saturated heterocycles. The standard InChI is InChI=1S/C13H10Cl2N2O2/c14-9-3-4-12(11(15)6-9)16-13(19)7-17-5-1-2-10(17)8-18/h1-6,8H,7H2,(H,16,19). The summed E-state index contributed by atoms with van der Waals surface area (Å²) < 4.78 is 1.55. The summed E-state index contributed by atoms with van der Waals surface area (Å²) in [4.78, 5) is 22.6. The number of hydrogen-bond donors (Lipinski definition) is 1. The summed E-state index contributed by atoms with van der Waals surface area (Å²) in [6.07, 6.45) is 2.36. The fourth-order valence-electron chi connectivity index (χ4n) is 1.61. The molecular weight excluding hydrogens is 287 g/mol. The van der Waals surface area contributed by atoms with Crippen LogP contribution in [0.25, 0.3) is 0 Å². The van der Waals surface area contributed by atoms with Crippen molar-refractivity contribution in [3.8, 4) is 0 Å². The summed E-state index contributed by atoms with van der Waals surface area (Å²) in [5.41, 5.74) is 0.924. The number of aromatic nitrogens is 1. The highest BCUT2D eigenvalue weighted by atomic mass is 35.5. The molecule has 6 heteroatoms. The maximum Gasteiger partial charge on any atom is 0.244 e. The molecule has 0 unspecified atom stereocenters. The number of amides is 1. The van der Waals surface area contributed by atoms with Gasteiger partial charge < -0.3 is 9.88 Å². The average Bonchev–Trinajstić information content (AvgIpc) is 2.80. The maximum atomic E-state index is 11.8. The lowest BCUT2D eigenvalue weighted by Crippen LogP contribution is -2.19. The topological polar surface area (TPSA) is 51.1 Å². The van der Waals surface area contributed by atoms with Crippen molar-refractivity contribution in [3.63, 3.8) is 0 Å². The van der Waals surface area contributed by atoms with E-state index in [-0.39, 0.29) is 12.5 Å². The number of nitrogens with one attached hydrogen (secondary N) is 1. The van der Waals surface area contributed by atoms with Crippen molar-refractivity contribution >= 4 is 41.1 Å². The number of carbonyl (C=O) groups excluding carboxylic acids is 2. The fraction of sp³-hybridized carbons (Fsp3) is 0.0769. The number of benzene rings is 1. The van der Waals surface area contributed by atoms with Gasteiger partial charge in [0.15, 0.2) is 6.29 Å². The van der Waals surface area contributed by atoms with Gasteiger partial charge in [-0.1, -0.05) is 23.2 Å². The lowest BCUT2D eigenvalue weighted by atomic mass is 10.3. The second-order valence-electron chi connectivity index (χ2n) is 3.85. The molecule has 0 spiro atoms. The summed E-state index contributed by atoms with van der Waals surface area (Å²) in [7, 11) is 0. The van der Waals surface area contributed by atoms with Crippen LogP contribution >= 0.6 is 23.2 Å². The van der Waals surface area contributed by atoms with Gasteiger partial charge in [-0.05, 0) is 30.3 Å². The van der Waals surface area contributed by atoms with Gasteiger partial charge in [0.25, 0.3) is 0 Å². The van der Waals surface area contributed by atoms with E-state index in [2.05, 4.69) is 5.32 Å². The molecule has 2 rings (SSSR count). The second kappa shape index (κ2) is 5.91. The van der Waals surface area contributed by atoms with Crippen molar-refractivity contribution in [1.29, 1.82) is 0 Å². The number of hydrogen-bond acceptors (Lipinski definition) is 2. The number of halogens is 2. The second-order valence-corrected chi connectivity index (χ2v) is 4.69. The highest BCUT2D eigenvalue weighted by Crippen LogP contribution is 2.25. The van der Waals surface area contributed by atoms with E-state index in [1.807, 2.05) is 0 Å². The Morgan fingerprint density at radius 3 is 2.79 bits per heavy atom. The highest BCUT2D eigenvalue weighted by Gasteiger charge is 2.08. The van der Waals surface area contributed by atoms with Crippen LogP contribution < -0.4 is 5.32 Å². The number of aldehydes is 1. The Labute approximate surface area is 119 Å². The normalized spacial score (nSPS) is 10.2. The van der Waals surface area contributed by atoms with Crippen molar-refractivity contribution < 1.29 is 9.59 Å². The zero-order valence-corrected chi connectivity index (χ0v) is 11.3. The quantitative estimate of drug-likeness (QED) is 0.881. The van der Waals surface area contributed by atoms with Gasteiger partial charge in [-0.3, -0.25) is 9.59 Å². The van der Waals surface area contributed by atoms with Crippen LogP contribution in [-0.2, 0) is 11.3 Å². The first kappa shape index (κ1) is 13.6. The van der Waals surface area contributed by atoms with Crippen LogP contribution in [0.3, 0.4) is 0 Å². The van der Waals surface area contributed by atoms with E-state index in [0.29, 0.717) is 27.7 Å². The Bertz CT molecular complexity index is 623. The Kier molecular flexibility index (Phi) is 4.24. The van der Waals surface area contributed by atoms with Gasteiger partial charge in [0.05, 0.1) is 16.4 Å². The largest absolute Gasteiger partial charge is 0.336 e. The molecule has 1 amide bonds. The Balaban J connectivity index is 2.07. The van der Waals surface area contributed by atoms with Crippen LogP contribution in [0.1, 0.15) is 10.5 Å². The third-order valence-corrected chi connectivity index (χ3v) is 3.05. The number of nitrogens with zero attached hydrogens (tertiary/aromatic N) is 1. The molecule has 4 nitrogen and oxygen atoms in total. The van der Waals surface area contributed by atoms with Gasteiger partial charge in [-0.15, -0.1) is 0 Å². The molecule has 0 saturated carbocycles. The maximum absolute atomic E-state index is 11.8. The summed E-state index contributed by atoms with van der Waals surface area (Å²) in [5.74, 6) is -0.275. The average molecular weight is 297 g/mol. The zero-order valence-electron chi connectivity index (χ0n) is 9.77. The molecule has 1 heterocycles. The summed E-state index contributed by atoms with van der Waals surface area (Å²) in [5, 5.41) is 3.52. The van der Waals surface area contributed by atoms with Crippen molar-refractivity contribution in [2.24, 2.45) is 0 Å². The lowest BCUT2D eigenvalue weighted by Gasteiger charge is -2.09. The van der Waals surface area contributed by atoms with Gasteiger partial charge in [0.1, 0.15) is 6.54 Å². The van der Waals surface area contributed by atoms with Crippen molar-refractivity contribution in [2.45, 2.75) is 6.54 Å². The molecule has 1 aromatic heterocycles. The van der Waals surface area contributed by atoms with Crippen molar-refractivity contribution in [2.75, 3.05) is 5.32 Å². The van der Waals surface area contributed by atoms with Crippen LogP contribution in [0.5, 0.6) is 0 Å². The van der Waals surface area contributed by atoms with E-state index in [4.69, 9.17) is 23.2 Å². The number of anilines is 1. The Morgan fingerprint density at radius 2 is 2.11 bits per heavy atom. The molecule has 0 aliphatic heterocycles. The van der Waals surface area contributed by atoms with E-state index in [1.165, 1.54) is 0 Å². The third kappa shape index (κ3) is 3.36. The molecule has 0 fully saturated rings. The molecule has 19 heavy (non-hydrogen) atoms. The molecule has 1 aromatic carbocycles. The Hall–Kier alpha value is -1.78. The van der Waals surface area contributed by atoms with Crippen LogP contribution in [0.15, 0.2) is 36.5 Å².